The van der Waals surface area contributed by atoms with Crippen molar-refractivity contribution in [2.75, 3.05) is 13.7 Å². The third kappa shape index (κ3) is 4.09. The Morgan fingerprint density at radius 1 is 1.24 bits per heavy atom. The zero-order valence-electron chi connectivity index (χ0n) is 18.8. The summed E-state index contributed by atoms with van der Waals surface area (Å²) in [6, 6.07) is 11.6. The molecule has 1 aromatic heterocycles. The molecule has 33 heavy (non-hydrogen) atoms. The Bertz CT molecular complexity index is 1450. The van der Waals surface area contributed by atoms with E-state index in [0.29, 0.717) is 44.3 Å². The van der Waals surface area contributed by atoms with Gasteiger partial charge in [0, 0.05) is 16.8 Å². The summed E-state index contributed by atoms with van der Waals surface area (Å²) in [5.41, 5.74) is 2.21. The molecule has 1 N–H and O–H groups in total. The lowest BCUT2D eigenvalue weighted by Gasteiger charge is -2.25. The average molecular weight is 465 g/mol. The summed E-state index contributed by atoms with van der Waals surface area (Å²) in [7, 11) is 1.56. The van der Waals surface area contributed by atoms with Crippen LogP contribution in [0, 0.1) is 0 Å². The second-order valence-corrected chi connectivity index (χ2v) is 8.55. The smallest absolute Gasteiger partial charge is 0.271 e. The molecule has 170 valence electrons. The van der Waals surface area contributed by atoms with Crippen LogP contribution >= 0.6 is 11.3 Å². The molecule has 2 aromatic carbocycles. The third-order valence-corrected chi connectivity index (χ3v) is 6.40. The van der Waals surface area contributed by atoms with Crippen LogP contribution in [0.1, 0.15) is 37.9 Å². The molecule has 1 aliphatic heterocycles. The Balaban J connectivity index is 1.96. The number of fused-ring (bicyclic) bond motifs is 1. The first-order valence-corrected chi connectivity index (χ1v) is 11.3. The number of carbonyl (C=O) groups excluding carboxylic acids is 1. The van der Waals surface area contributed by atoms with E-state index >= 15 is 0 Å². The zero-order chi connectivity index (χ0) is 23.7. The van der Waals surface area contributed by atoms with Gasteiger partial charge in [0.2, 0.25) is 0 Å². The van der Waals surface area contributed by atoms with E-state index in [2.05, 4.69) is 4.99 Å². The number of phenols is 1. The number of phenolic OH excluding ortho intramolecular Hbond substituents is 1. The van der Waals surface area contributed by atoms with E-state index in [9.17, 15) is 14.7 Å². The summed E-state index contributed by atoms with van der Waals surface area (Å²) in [5, 5.41) is 9.97. The maximum atomic E-state index is 13.6. The van der Waals surface area contributed by atoms with Gasteiger partial charge in [0.25, 0.3) is 5.56 Å². The van der Waals surface area contributed by atoms with Gasteiger partial charge in [-0.25, -0.2) is 4.99 Å². The van der Waals surface area contributed by atoms with E-state index in [1.54, 1.807) is 36.8 Å². The van der Waals surface area contributed by atoms with Gasteiger partial charge in [0.1, 0.15) is 5.75 Å². The summed E-state index contributed by atoms with van der Waals surface area (Å²) >= 11 is 1.25. The molecule has 1 atom stereocenters. The number of ether oxygens (including phenoxy) is 2. The van der Waals surface area contributed by atoms with Gasteiger partial charge >= 0.3 is 0 Å². The Labute approximate surface area is 194 Å². The number of ketones is 1. The molecule has 8 heteroatoms. The average Bonchev–Trinajstić information content (AvgIpc) is 3.09. The molecule has 0 saturated carbocycles. The highest BCUT2D eigenvalue weighted by molar-refractivity contribution is 7.07. The first kappa shape index (κ1) is 22.5. The standard InChI is InChI=1S/C25H24N2O5S/c1-5-32-20-12-16(10-11-18(20)29)13-21-24(30)27-23(17-8-6-7-9-19(17)31-4)22(15(3)28)14(2)26-25(27)33-21/h6-13,23,29H,5H2,1-4H3/b21-13-. The number of hydrogen-bond acceptors (Lipinski definition) is 7. The van der Waals surface area contributed by atoms with Gasteiger partial charge in [-0.15, -0.1) is 0 Å². The first-order chi connectivity index (χ1) is 15.8. The van der Waals surface area contributed by atoms with Crippen LogP contribution < -0.4 is 24.4 Å². The zero-order valence-corrected chi connectivity index (χ0v) is 19.6. The third-order valence-electron chi connectivity index (χ3n) is 5.42. The topological polar surface area (TPSA) is 90.1 Å². The van der Waals surface area contributed by atoms with Crippen molar-refractivity contribution in [1.29, 1.82) is 0 Å². The van der Waals surface area contributed by atoms with Gasteiger partial charge in [-0.1, -0.05) is 35.6 Å². The number of methoxy groups -OCH3 is 1. The number of aromatic hydroxyl groups is 1. The predicted octanol–water partition coefficient (Wildman–Crippen LogP) is 2.94. The molecule has 0 saturated heterocycles. The number of thiazole rings is 1. The molecule has 0 bridgehead atoms. The van der Waals surface area contributed by atoms with Crippen molar-refractivity contribution >= 4 is 23.2 Å². The number of aromatic nitrogens is 1. The van der Waals surface area contributed by atoms with Crippen LogP contribution in [0.2, 0.25) is 0 Å². The SMILES string of the molecule is CCOc1cc(/C=c2\sc3n(c2=O)C(c2ccccc2OC)C(C(C)=O)=C(C)N=3)ccc1O. The number of carbonyl (C=O) groups is 1. The molecule has 1 aliphatic rings. The molecule has 2 heterocycles. The molecule has 7 nitrogen and oxygen atoms in total. The van der Waals surface area contributed by atoms with Gasteiger partial charge < -0.3 is 14.6 Å². The monoisotopic (exact) mass is 464 g/mol. The molecule has 0 radical (unpaired) electrons. The predicted molar refractivity (Wildman–Crippen MR) is 127 cm³/mol. The second-order valence-electron chi connectivity index (χ2n) is 7.54. The molecule has 1 unspecified atom stereocenters. The molecule has 4 rings (SSSR count). The number of rotatable bonds is 6. The minimum absolute atomic E-state index is 0.0355. The fourth-order valence-corrected chi connectivity index (χ4v) is 5.05. The number of para-hydroxylation sites is 1. The molecule has 0 aliphatic carbocycles. The number of nitrogens with zero attached hydrogens (tertiary/aromatic N) is 2. The van der Waals surface area contributed by atoms with Gasteiger partial charge in [-0.3, -0.25) is 14.2 Å². The van der Waals surface area contributed by atoms with Gasteiger partial charge in [-0.2, -0.15) is 0 Å². The summed E-state index contributed by atoms with van der Waals surface area (Å²) < 4.78 is 13.0. The van der Waals surface area contributed by atoms with E-state index < -0.39 is 6.04 Å². The van der Waals surface area contributed by atoms with E-state index in [-0.39, 0.29) is 17.1 Å². The first-order valence-electron chi connectivity index (χ1n) is 10.5. The maximum Gasteiger partial charge on any atom is 0.271 e. The van der Waals surface area contributed by atoms with Crippen molar-refractivity contribution < 1.29 is 19.4 Å². The van der Waals surface area contributed by atoms with Crippen LogP contribution in [0.25, 0.3) is 6.08 Å². The van der Waals surface area contributed by atoms with Crippen LogP contribution in [-0.4, -0.2) is 29.2 Å². The number of Topliss-reactive ketones (excluding diaryl/α,β-unsaturated/α-hetero) is 1. The quantitative estimate of drug-likeness (QED) is 0.606. The van der Waals surface area contributed by atoms with Crippen LogP contribution in [-0.2, 0) is 4.79 Å². The fourth-order valence-electron chi connectivity index (χ4n) is 4.00. The molecule has 3 aromatic rings. The van der Waals surface area contributed by atoms with Gasteiger partial charge in [0.05, 0.1) is 24.3 Å². The van der Waals surface area contributed by atoms with Crippen LogP contribution in [0.15, 0.2) is 63.5 Å². The fraction of sp³-hybridized carbons (Fsp3) is 0.240. The van der Waals surface area contributed by atoms with E-state index in [1.807, 2.05) is 31.2 Å². The van der Waals surface area contributed by atoms with E-state index in [1.165, 1.54) is 24.3 Å². The summed E-state index contributed by atoms with van der Waals surface area (Å²) in [6.45, 7) is 5.50. The minimum atomic E-state index is -0.643. The largest absolute Gasteiger partial charge is 0.504 e. The summed E-state index contributed by atoms with van der Waals surface area (Å²) in [6.07, 6.45) is 1.73. The van der Waals surface area contributed by atoms with Crippen molar-refractivity contribution in [3.05, 3.63) is 84.5 Å². The number of hydrogen-bond donors (Lipinski definition) is 1. The van der Waals surface area contributed by atoms with Crippen molar-refractivity contribution in [3.63, 3.8) is 0 Å². The molecule has 0 amide bonds. The number of allylic oxidation sites excluding steroid dienone is 2. The van der Waals surface area contributed by atoms with Crippen LogP contribution in [0.4, 0.5) is 0 Å². The highest BCUT2D eigenvalue weighted by atomic mass is 32.1. The minimum Gasteiger partial charge on any atom is -0.504 e. The summed E-state index contributed by atoms with van der Waals surface area (Å²) in [5.74, 6) is 0.820. The molecular formula is C25H24N2O5S. The number of benzene rings is 2. The van der Waals surface area contributed by atoms with Crippen LogP contribution in [0.3, 0.4) is 0 Å². The Hall–Kier alpha value is -3.65. The van der Waals surface area contributed by atoms with Crippen molar-refractivity contribution in [1.82, 2.24) is 4.57 Å². The van der Waals surface area contributed by atoms with Gasteiger partial charge in [-0.05, 0) is 50.6 Å². The highest BCUT2D eigenvalue weighted by Crippen LogP contribution is 2.35. The summed E-state index contributed by atoms with van der Waals surface area (Å²) in [4.78, 5) is 31.3. The van der Waals surface area contributed by atoms with Gasteiger partial charge in [0.15, 0.2) is 22.1 Å². The van der Waals surface area contributed by atoms with E-state index in [0.717, 1.165) is 5.56 Å². The lowest BCUT2D eigenvalue weighted by atomic mass is 9.93. The van der Waals surface area contributed by atoms with Crippen molar-refractivity contribution in [3.8, 4) is 17.2 Å². The maximum absolute atomic E-state index is 13.6. The Morgan fingerprint density at radius 3 is 2.70 bits per heavy atom. The Morgan fingerprint density at radius 2 is 2.00 bits per heavy atom. The molecule has 0 fully saturated rings. The molecular weight excluding hydrogens is 440 g/mol. The second kappa shape index (κ2) is 9.07. The van der Waals surface area contributed by atoms with Crippen molar-refractivity contribution in [2.45, 2.75) is 26.8 Å². The van der Waals surface area contributed by atoms with Crippen molar-refractivity contribution in [2.24, 2.45) is 4.99 Å². The Kier molecular flexibility index (Phi) is 6.20. The lowest BCUT2D eigenvalue weighted by Crippen LogP contribution is -2.39. The van der Waals surface area contributed by atoms with Crippen LogP contribution in [0.5, 0.6) is 17.2 Å². The molecule has 0 spiro atoms. The van der Waals surface area contributed by atoms with E-state index in [4.69, 9.17) is 9.47 Å². The highest BCUT2D eigenvalue weighted by Gasteiger charge is 2.32. The normalized spacial score (nSPS) is 15.8. The lowest BCUT2D eigenvalue weighted by molar-refractivity contribution is -0.114.